The molecule has 1 N–H and O–H groups in total. The van der Waals surface area contributed by atoms with E-state index in [1.165, 1.54) is 6.92 Å². The number of hydrogen-bond acceptors (Lipinski definition) is 11. The van der Waals surface area contributed by atoms with Crippen molar-refractivity contribution in [3.8, 4) is 0 Å². The van der Waals surface area contributed by atoms with E-state index in [2.05, 4.69) is 59.7 Å². The number of halogens is 2. The van der Waals surface area contributed by atoms with Gasteiger partial charge in [0.1, 0.15) is 29.6 Å². The van der Waals surface area contributed by atoms with Crippen molar-refractivity contribution in [2.24, 2.45) is 27.6 Å². The van der Waals surface area contributed by atoms with Gasteiger partial charge in [-0.2, -0.15) is 0 Å². The van der Waals surface area contributed by atoms with Crippen LogP contribution in [0.15, 0.2) is 97.1 Å². The number of carbonyl (C=O) groups is 4. The molecule has 335 valence electrons. The van der Waals surface area contributed by atoms with Crippen molar-refractivity contribution >= 4 is 63.6 Å². The van der Waals surface area contributed by atoms with Crippen molar-refractivity contribution in [3.63, 3.8) is 0 Å². The van der Waals surface area contributed by atoms with Crippen LogP contribution in [0, 0.1) is 27.6 Å². The first-order valence-electron chi connectivity index (χ1n) is 20.8. The first kappa shape index (κ1) is 49.1. The summed E-state index contributed by atoms with van der Waals surface area (Å²) in [5, 5.41) is 14.2. The third-order valence-electron chi connectivity index (χ3n) is 16.2. The molecule has 11 nitrogen and oxygen atoms in total. The second-order valence-corrected chi connectivity index (χ2v) is 31.1. The van der Waals surface area contributed by atoms with E-state index in [1.807, 2.05) is 90.7 Å². The summed E-state index contributed by atoms with van der Waals surface area (Å²) in [6, 6.07) is 17.5. The van der Waals surface area contributed by atoms with Gasteiger partial charge in [-0.1, -0.05) is 110 Å². The van der Waals surface area contributed by atoms with Gasteiger partial charge < -0.3 is 28.8 Å². The Morgan fingerprint density at radius 1 is 0.887 bits per heavy atom. The minimum absolute atomic E-state index is 0.130. The molecule has 2 bridgehead atoms. The maximum atomic E-state index is 15.2. The van der Waals surface area contributed by atoms with Gasteiger partial charge in [-0.3, -0.25) is 14.5 Å². The molecule has 3 aliphatic carbocycles. The number of hydrogen-bond donors (Lipinski definition) is 1. The van der Waals surface area contributed by atoms with Crippen molar-refractivity contribution in [2.45, 2.75) is 123 Å². The van der Waals surface area contributed by atoms with E-state index < -0.39 is 92.9 Å². The number of ketones is 1. The van der Waals surface area contributed by atoms with Gasteiger partial charge in [0.2, 0.25) is 0 Å². The van der Waals surface area contributed by atoms with E-state index in [9.17, 15) is 19.5 Å². The summed E-state index contributed by atoms with van der Waals surface area (Å²) in [7, 11) is 2.51. The second-order valence-electron chi connectivity index (χ2n) is 19.3. The van der Waals surface area contributed by atoms with Gasteiger partial charge in [-0.25, -0.2) is 9.59 Å². The molecule has 2 heterocycles. The molecule has 5 unspecified atom stereocenters. The molecule has 3 saturated carbocycles. The van der Waals surface area contributed by atoms with E-state index in [4.69, 9.17) is 23.7 Å². The Bertz CT molecular complexity index is 2170. The summed E-state index contributed by atoms with van der Waals surface area (Å²) in [5.41, 5.74) is -8.29. The molecule has 0 aromatic heterocycles. The zero-order valence-electron chi connectivity index (χ0n) is 37.3. The quantitative estimate of drug-likeness (QED) is 0.129. The van der Waals surface area contributed by atoms with E-state index in [1.54, 1.807) is 37.3 Å². The molecular formula is C48H59I2NO10V. The first-order valence-corrected chi connectivity index (χ1v) is 29.8. The normalized spacial score (nSPS) is 38.3. The van der Waals surface area contributed by atoms with Crippen LogP contribution in [0.1, 0.15) is 97.1 Å². The average Bonchev–Trinajstić information content (AvgIpc) is 3.51. The number of allylic oxidation sites excluding steroid dienone is 1. The van der Waals surface area contributed by atoms with Gasteiger partial charge in [-0.15, -0.1) is 0 Å². The van der Waals surface area contributed by atoms with Crippen LogP contribution in [0.5, 0.6) is 0 Å². The Morgan fingerprint density at radius 3 is 1.98 bits per heavy atom. The predicted molar refractivity (Wildman–Crippen MR) is 248 cm³/mol. The average molecular weight is 1110 g/mol. The van der Waals surface area contributed by atoms with Gasteiger partial charge in [0, 0.05) is 41.4 Å². The Morgan fingerprint density at radius 2 is 1.45 bits per heavy atom. The summed E-state index contributed by atoms with van der Waals surface area (Å²) in [6.45, 7) is 29.3. The molecule has 7 rings (SSSR count). The number of benzene rings is 2. The summed E-state index contributed by atoms with van der Waals surface area (Å²) < 4.78 is 32.3. The number of aliphatic hydroxyl groups is 1. The first-order chi connectivity index (χ1) is 28.8. The SMILES string of the molecule is C=C1C(=C)[C@@]2(C)CC(=O)C(=C)[C@@]3(C)C(C)(C)C(C)(OC(=O)[C@@H]4OC(C)N(C)C4c4ccccc4)C[C@@](O)(C(OC(=O)c4ccccc4)C2[C@]2(OC(C)=O)CO[C@H]12)C3(C)C.[I][V][I]. The fraction of sp³-hybridized carbons (Fsp3) is 0.542. The van der Waals surface area contributed by atoms with Crippen LogP contribution in [-0.2, 0) is 47.5 Å². The van der Waals surface area contributed by atoms with Crippen LogP contribution in [0.2, 0.25) is 0 Å². The molecule has 14 heteroatoms. The van der Waals surface area contributed by atoms with Gasteiger partial charge in [-0.05, 0) is 55.3 Å². The number of esters is 3. The van der Waals surface area contributed by atoms with Crippen LogP contribution < -0.4 is 0 Å². The number of fused-ring (bicyclic) bond motifs is 5. The van der Waals surface area contributed by atoms with E-state index in [0.717, 1.165) is 5.56 Å². The van der Waals surface area contributed by atoms with E-state index >= 15 is 4.79 Å². The minimum atomic E-state index is -2.14. The van der Waals surface area contributed by atoms with Crippen molar-refractivity contribution in [2.75, 3.05) is 13.7 Å². The van der Waals surface area contributed by atoms with Crippen molar-refractivity contribution < 1.29 is 57.4 Å². The number of nitrogens with zero attached hydrogens (tertiary/aromatic N) is 1. The number of ether oxygens (including phenoxy) is 5. The molecule has 2 aromatic rings. The predicted octanol–water partition coefficient (Wildman–Crippen LogP) is 8.87. The number of carbonyl (C=O) groups excluding carboxylic acids is 4. The van der Waals surface area contributed by atoms with Crippen molar-refractivity contribution in [3.05, 3.63) is 108 Å². The van der Waals surface area contributed by atoms with Crippen LogP contribution in [0.3, 0.4) is 0 Å². The Hall–Kier alpha value is -2.38. The van der Waals surface area contributed by atoms with Gasteiger partial charge >= 0.3 is 67.3 Å². The molecule has 2 aromatic carbocycles. The standard InChI is InChI=1S/C48H59NO10.2HI.V/c1-27-28(2)44(10)24-34(51)29(3)46(12)42(6,7)45(11,59-41(53)36-35(49(13)30(4)56-36)32-20-16-14-17-21-32)25-48(54,43(46,8)9)39(57-40(52)33-22-18-15-19-23-33)37(44)47(58-31(5)50)26-55-38(27)47;;;/h14-23,30,35-39,54H,1-3,24-26H2,4-13H3;2*1H;/q;;;+2/p-2/t30?,35?,36-,37?,38-,39?,44-,45?,46+,47-,48-;;;/m1.../s1. The van der Waals surface area contributed by atoms with Gasteiger partial charge in [0.05, 0.1) is 24.1 Å². The van der Waals surface area contributed by atoms with Crippen LogP contribution in [-0.4, -0.2) is 88.7 Å². The molecule has 2 aliphatic heterocycles. The summed E-state index contributed by atoms with van der Waals surface area (Å²) in [5.74, 6) is -3.49. The third kappa shape index (κ3) is 7.16. The molecule has 11 atom stereocenters. The fourth-order valence-corrected chi connectivity index (χ4v) is 11.8. The van der Waals surface area contributed by atoms with Gasteiger partial charge in [0.25, 0.3) is 0 Å². The van der Waals surface area contributed by atoms with Crippen LogP contribution in [0.4, 0.5) is 0 Å². The molecule has 5 aliphatic rings. The zero-order chi connectivity index (χ0) is 46.2. The Kier molecular flexibility index (Phi) is 13.6. The molecule has 2 saturated heterocycles. The molecule has 0 amide bonds. The summed E-state index contributed by atoms with van der Waals surface area (Å²) in [4.78, 5) is 59.8. The number of Topliss-reactive ketones (excluding diaryl/α,β-unsaturated/α-hetero) is 1. The Balaban J connectivity index is 0.00000208. The zero-order valence-corrected chi connectivity index (χ0v) is 43.0. The van der Waals surface area contributed by atoms with Crippen LogP contribution >= 0.6 is 40.0 Å². The third-order valence-corrected chi connectivity index (χ3v) is 16.2. The van der Waals surface area contributed by atoms with Crippen LogP contribution in [0.25, 0.3) is 0 Å². The summed E-state index contributed by atoms with van der Waals surface area (Å²) in [6.07, 6.45) is -4.39. The van der Waals surface area contributed by atoms with E-state index in [-0.39, 0.29) is 36.4 Å². The van der Waals surface area contributed by atoms with Gasteiger partial charge in [0.15, 0.2) is 17.5 Å². The fourth-order valence-electron chi connectivity index (χ4n) is 11.8. The molecule has 62 heavy (non-hydrogen) atoms. The van der Waals surface area contributed by atoms with Crippen molar-refractivity contribution in [1.29, 1.82) is 0 Å². The number of likely N-dealkylation sites (N-methyl/N-ethyl adjacent to an activating group) is 1. The van der Waals surface area contributed by atoms with Crippen molar-refractivity contribution in [1.82, 2.24) is 4.90 Å². The Labute approximate surface area is 395 Å². The maximum absolute atomic E-state index is 15.2. The molecule has 0 spiro atoms. The molecular weight excluding hydrogens is 1060 g/mol. The summed E-state index contributed by atoms with van der Waals surface area (Å²) >= 11 is 4.74. The molecule has 5 fully saturated rings. The topological polar surface area (TPSA) is 138 Å². The van der Waals surface area contributed by atoms with E-state index in [0.29, 0.717) is 20.6 Å². The molecule has 0 radical (unpaired) electrons. The second kappa shape index (κ2) is 17.1. The monoisotopic (exact) mass is 1110 g/mol. The number of rotatable bonds is 6.